The molecule has 1 aliphatic heterocycles. The van der Waals surface area contributed by atoms with Crippen LogP contribution in [-0.2, 0) is 4.74 Å². The topological polar surface area (TPSA) is 41.5 Å². The van der Waals surface area contributed by atoms with E-state index < -0.39 is 0 Å². The molecule has 0 aromatic rings. The van der Waals surface area contributed by atoms with E-state index in [-0.39, 0.29) is 0 Å². The normalized spacial score (nSPS) is 20.4. The van der Waals surface area contributed by atoms with Crippen molar-refractivity contribution in [3.05, 3.63) is 0 Å². The Morgan fingerprint density at radius 1 is 1.13 bits per heavy atom. The van der Waals surface area contributed by atoms with E-state index in [1.165, 1.54) is 12.8 Å². The molecule has 0 aromatic carbocycles. The van der Waals surface area contributed by atoms with E-state index >= 15 is 0 Å². The lowest BCUT2D eigenvalue weighted by atomic mass is 9.92. The first kappa shape index (κ1) is 12.9. The standard InChI is InChI=1S/C12H25NO2/c1-12(6-10-15-11-7-12)13-8-4-2-3-5-9-14/h13-14H,2-11H2,1H3. The molecule has 1 heterocycles. The number of unbranched alkanes of at least 4 members (excludes halogenated alkanes) is 3. The Bertz CT molecular complexity index is 156. The third kappa shape index (κ3) is 5.50. The van der Waals surface area contributed by atoms with Crippen LogP contribution in [0.4, 0.5) is 0 Å². The summed E-state index contributed by atoms with van der Waals surface area (Å²) in [5.41, 5.74) is 0.301. The fraction of sp³-hybridized carbons (Fsp3) is 1.00. The number of nitrogens with one attached hydrogen (secondary N) is 1. The van der Waals surface area contributed by atoms with Crippen LogP contribution in [0.5, 0.6) is 0 Å². The number of hydrogen-bond donors (Lipinski definition) is 2. The highest BCUT2D eigenvalue weighted by Crippen LogP contribution is 2.19. The molecular weight excluding hydrogens is 190 g/mol. The van der Waals surface area contributed by atoms with Gasteiger partial charge >= 0.3 is 0 Å². The summed E-state index contributed by atoms with van der Waals surface area (Å²) >= 11 is 0. The highest BCUT2D eigenvalue weighted by atomic mass is 16.5. The number of rotatable bonds is 7. The lowest BCUT2D eigenvalue weighted by Crippen LogP contribution is -2.47. The maximum Gasteiger partial charge on any atom is 0.0483 e. The summed E-state index contributed by atoms with van der Waals surface area (Å²) in [4.78, 5) is 0. The Balaban J connectivity index is 1.98. The molecule has 1 saturated heterocycles. The SMILES string of the molecule is CC1(NCCCCCCO)CCOCC1. The predicted octanol–water partition coefficient (Wildman–Crippen LogP) is 1.70. The van der Waals surface area contributed by atoms with Crippen LogP contribution < -0.4 is 5.32 Å². The molecule has 0 aliphatic carbocycles. The molecule has 0 amide bonds. The van der Waals surface area contributed by atoms with Crippen molar-refractivity contribution < 1.29 is 9.84 Å². The van der Waals surface area contributed by atoms with E-state index in [0.717, 1.165) is 45.4 Å². The van der Waals surface area contributed by atoms with Crippen molar-refractivity contribution in [1.82, 2.24) is 5.32 Å². The quantitative estimate of drug-likeness (QED) is 0.635. The summed E-state index contributed by atoms with van der Waals surface area (Å²) in [6.07, 6.45) is 6.80. The molecule has 3 heteroatoms. The first-order valence-corrected chi connectivity index (χ1v) is 6.20. The van der Waals surface area contributed by atoms with Gasteiger partial charge in [0.15, 0.2) is 0 Å². The van der Waals surface area contributed by atoms with Gasteiger partial charge in [-0.2, -0.15) is 0 Å². The fourth-order valence-corrected chi connectivity index (χ4v) is 1.98. The van der Waals surface area contributed by atoms with Gasteiger partial charge in [-0.1, -0.05) is 12.8 Å². The van der Waals surface area contributed by atoms with Gasteiger partial charge in [-0.15, -0.1) is 0 Å². The summed E-state index contributed by atoms with van der Waals surface area (Å²) in [7, 11) is 0. The highest BCUT2D eigenvalue weighted by molar-refractivity contribution is 4.84. The lowest BCUT2D eigenvalue weighted by molar-refractivity contribution is 0.0453. The average Bonchev–Trinajstić information content (AvgIpc) is 2.24. The third-order valence-corrected chi connectivity index (χ3v) is 3.23. The monoisotopic (exact) mass is 215 g/mol. The summed E-state index contributed by atoms with van der Waals surface area (Å²) in [6, 6.07) is 0. The molecule has 0 radical (unpaired) electrons. The van der Waals surface area contributed by atoms with Crippen molar-refractivity contribution in [3.8, 4) is 0 Å². The van der Waals surface area contributed by atoms with Crippen LogP contribution in [0, 0.1) is 0 Å². The van der Waals surface area contributed by atoms with E-state index in [2.05, 4.69) is 12.2 Å². The van der Waals surface area contributed by atoms with Crippen molar-refractivity contribution in [2.75, 3.05) is 26.4 Å². The van der Waals surface area contributed by atoms with Crippen molar-refractivity contribution in [1.29, 1.82) is 0 Å². The molecule has 0 spiro atoms. The summed E-state index contributed by atoms with van der Waals surface area (Å²) < 4.78 is 5.36. The fourth-order valence-electron chi connectivity index (χ4n) is 1.98. The second-order valence-corrected chi connectivity index (χ2v) is 4.74. The zero-order chi connectivity index (χ0) is 11.0. The Kier molecular flexibility index (Phi) is 6.22. The minimum Gasteiger partial charge on any atom is -0.396 e. The lowest BCUT2D eigenvalue weighted by Gasteiger charge is -2.34. The molecule has 2 N–H and O–H groups in total. The third-order valence-electron chi connectivity index (χ3n) is 3.23. The Hall–Kier alpha value is -0.120. The molecular formula is C12H25NO2. The number of aliphatic hydroxyl groups is 1. The van der Waals surface area contributed by atoms with Crippen LogP contribution in [0.25, 0.3) is 0 Å². The van der Waals surface area contributed by atoms with Gasteiger partial charge in [-0.05, 0) is 39.2 Å². The minimum absolute atomic E-state index is 0.301. The van der Waals surface area contributed by atoms with Crippen LogP contribution in [0.2, 0.25) is 0 Å². The minimum atomic E-state index is 0.301. The van der Waals surface area contributed by atoms with Gasteiger partial charge in [0.05, 0.1) is 0 Å². The smallest absolute Gasteiger partial charge is 0.0483 e. The number of aliphatic hydroxyl groups excluding tert-OH is 1. The van der Waals surface area contributed by atoms with E-state index in [1.54, 1.807) is 0 Å². The predicted molar refractivity (Wildman–Crippen MR) is 62.0 cm³/mol. The largest absolute Gasteiger partial charge is 0.396 e. The van der Waals surface area contributed by atoms with Gasteiger partial charge in [-0.3, -0.25) is 0 Å². The van der Waals surface area contributed by atoms with E-state index in [0.29, 0.717) is 12.1 Å². The second kappa shape index (κ2) is 7.20. The van der Waals surface area contributed by atoms with Crippen LogP contribution in [-0.4, -0.2) is 37.0 Å². The maximum atomic E-state index is 8.64. The Morgan fingerprint density at radius 3 is 2.47 bits per heavy atom. The van der Waals surface area contributed by atoms with Gasteiger partial charge in [0.25, 0.3) is 0 Å². The zero-order valence-electron chi connectivity index (χ0n) is 9.93. The first-order chi connectivity index (χ1) is 7.27. The van der Waals surface area contributed by atoms with E-state index in [1.807, 2.05) is 0 Å². The average molecular weight is 215 g/mol. The van der Waals surface area contributed by atoms with Gasteiger partial charge in [0.2, 0.25) is 0 Å². The number of hydrogen-bond acceptors (Lipinski definition) is 3. The molecule has 0 unspecified atom stereocenters. The zero-order valence-corrected chi connectivity index (χ0v) is 9.93. The number of ether oxygens (including phenoxy) is 1. The molecule has 1 aliphatic rings. The maximum absolute atomic E-state index is 8.64. The first-order valence-electron chi connectivity index (χ1n) is 6.20. The van der Waals surface area contributed by atoms with Gasteiger partial charge in [0, 0.05) is 25.4 Å². The van der Waals surface area contributed by atoms with Crippen LogP contribution in [0.3, 0.4) is 0 Å². The van der Waals surface area contributed by atoms with Crippen LogP contribution >= 0.6 is 0 Å². The van der Waals surface area contributed by atoms with Crippen molar-refractivity contribution in [3.63, 3.8) is 0 Å². The molecule has 0 aromatic heterocycles. The Labute approximate surface area is 93.2 Å². The molecule has 0 saturated carbocycles. The molecule has 0 bridgehead atoms. The Morgan fingerprint density at radius 2 is 1.80 bits per heavy atom. The van der Waals surface area contributed by atoms with Crippen LogP contribution in [0.1, 0.15) is 45.4 Å². The van der Waals surface area contributed by atoms with Gasteiger partial charge in [0.1, 0.15) is 0 Å². The second-order valence-electron chi connectivity index (χ2n) is 4.74. The van der Waals surface area contributed by atoms with Crippen molar-refractivity contribution >= 4 is 0 Å². The molecule has 0 atom stereocenters. The molecule has 3 nitrogen and oxygen atoms in total. The van der Waals surface area contributed by atoms with Crippen molar-refractivity contribution in [2.45, 2.75) is 51.0 Å². The molecule has 1 fully saturated rings. The highest BCUT2D eigenvalue weighted by Gasteiger charge is 2.25. The summed E-state index contributed by atoms with van der Waals surface area (Å²) in [5.74, 6) is 0. The molecule has 15 heavy (non-hydrogen) atoms. The van der Waals surface area contributed by atoms with Gasteiger partial charge in [-0.25, -0.2) is 0 Å². The molecule has 90 valence electrons. The van der Waals surface area contributed by atoms with Gasteiger partial charge < -0.3 is 15.2 Å². The summed E-state index contributed by atoms with van der Waals surface area (Å²) in [6.45, 7) is 5.52. The summed E-state index contributed by atoms with van der Waals surface area (Å²) in [5, 5.41) is 12.3. The van der Waals surface area contributed by atoms with Crippen LogP contribution in [0.15, 0.2) is 0 Å². The van der Waals surface area contributed by atoms with Crippen molar-refractivity contribution in [2.24, 2.45) is 0 Å². The molecule has 1 rings (SSSR count). The van der Waals surface area contributed by atoms with E-state index in [9.17, 15) is 0 Å². The van der Waals surface area contributed by atoms with E-state index in [4.69, 9.17) is 9.84 Å².